The number of halogens is 3. The van der Waals surface area contributed by atoms with Crippen molar-refractivity contribution < 1.29 is 23.4 Å². The van der Waals surface area contributed by atoms with Crippen molar-refractivity contribution >= 4 is 29.9 Å². The first kappa shape index (κ1) is 23.7. The van der Waals surface area contributed by atoms with E-state index in [0.717, 1.165) is 19.3 Å². The van der Waals surface area contributed by atoms with E-state index in [4.69, 9.17) is 4.74 Å². The first-order chi connectivity index (χ1) is 12.5. The molecule has 0 spiro atoms. The normalized spacial score (nSPS) is 19.6. The lowest BCUT2D eigenvalue weighted by Crippen LogP contribution is -2.41. The molecular formula is C18H28F2IN3O3. The third-order valence-corrected chi connectivity index (χ3v) is 4.39. The molecule has 1 aliphatic carbocycles. The maximum Gasteiger partial charge on any atom is 0.387 e. The number of alkyl halides is 2. The van der Waals surface area contributed by atoms with Crippen LogP contribution in [0.2, 0.25) is 0 Å². The maximum absolute atomic E-state index is 12.6. The summed E-state index contributed by atoms with van der Waals surface area (Å²) < 4.78 is 34.9. The van der Waals surface area contributed by atoms with Gasteiger partial charge in [0.2, 0.25) is 0 Å². The van der Waals surface area contributed by atoms with Crippen LogP contribution in [0.3, 0.4) is 0 Å². The summed E-state index contributed by atoms with van der Waals surface area (Å²) in [6.45, 7) is 0.477. The predicted octanol–water partition coefficient (Wildman–Crippen LogP) is 3.13. The van der Waals surface area contributed by atoms with E-state index in [1.165, 1.54) is 13.2 Å². The number of rotatable bonds is 8. The molecule has 0 amide bonds. The van der Waals surface area contributed by atoms with Crippen molar-refractivity contribution in [2.24, 2.45) is 10.9 Å². The van der Waals surface area contributed by atoms with Gasteiger partial charge in [0.25, 0.3) is 0 Å². The van der Waals surface area contributed by atoms with Gasteiger partial charge in [-0.25, -0.2) is 4.99 Å². The molecule has 6 nitrogen and oxygen atoms in total. The molecule has 1 saturated carbocycles. The van der Waals surface area contributed by atoms with Gasteiger partial charge < -0.3 is 25.2 Å². The van der Waals surface area contributed by atoms with Gasteiger partial charge in [-0.3, -0.25) is 0 Å². The molecule has 0 aliphatic heterocycles. The minimum atomic E-state index is -2.90. The molecule has 0 radical (unpaired) electrons. The van der Waals surface area contributed by atoms with E-state index in [0.29, 0.717) is 30.4 Å². The lowest BCUT2D eigenvalue weighted by Gasteiger charge is -2.18. The van der Waals surface area contributed by atoms with Crippen LogP contribution in [0.15, 0.2) is 23.2 Å². The van der Waals surface area contributed by atoms with Gasteiger partial charge in [0.15, 0.2) is 5.96 Å². The summed E-state index contributed by atoms with van der Waals surface area (Å²) in [4.78, 5) is 4.45. The Hall–Kier alpha value is -1.36. The molecule has 27 heavy (non-hydrogen) atoms. The number of aliphatic hydroxyl groups is 1. The molecule has 3 N–H and O–H groups in total. The van der Waals surface area contributed by atoms with E-state index in [1.54, 1.807) is 12.1 Å². The van der Waals surface area contributed by atoms with Crippen LogP contribution in [-0.2, 0) is 6.54 Å². The third-order valence-electron chi connectivity index (χ3n) is 4.39. The van der Waals surface area contributed by atoms with E-state index in [9.17, 15) is 13.9 Å². The van der Waals surface area contributed by atoms with Gasteiger partial charge in [0, 0.05) is 24.6 Å². The zero-order valence-corrected chi connectivity index (χ0v) is 17.9. The molecular weight excluding hydrogens is 471 g/mol. The van der Waals surface area contributed by atoms with Crippen molar-refractivity contribution in [2.75, 3.05) is 20.2 Å². The second-order valence-electron chi connectivity index (χ2n) is 6.19. The predicted molar refractivity (Wildman–Crippen MR) is 111 cm³/mol. The molecule has 0 heterocycles. The van der Waals surface area contributed by atoms with Crippen molar-refractivity contribution in [3.8, 4) is 11.5 Å². The number of guanidine groups is 1. The van der Waals surface area contributed by atoms with Gasteiger partial charge in [-0.2, -0.15) is 8.78 Å². The Morgan fingerprint density at radius 3 is 2.70 bits per heavy atom. The van der Waals surface area contributed by atoms with Gasteiger partial charge in [0.1, 0.15) is 11.5 Å². The number of methoxy groups -OCH3 is 1. The highest BCUT2D eigenvalue weighted by molar-refractivity contribution is 14.0. The molecule has 1 aliphatic rings. The van der Waals surface area contributed by atoms with Crippen LogP contribution >= 0.6 is 24.0 Å². The lowest BCUT2D eigenvalue weighted by atomic mass is 10.1. The topological polar surface area (TPSA) is 75.1 Å². The van der Waals surface area contributed by atoms with E-state index >= 15 is 0 Å². The van der Waals surface area contributed by atoms with Gasteiger partial charge in [-0.05, 0) is 38.0 Å². The van der Waals surface area contributed by atoms with Crippen molar-refractivity contribution in [3.63, 3.8) is 0 Å². The standard InChI is InChI=1S/C18H27F2N3O3.HI/c1-3-21-18(22-10-12-5-4-6-15(12)24)23-11-13-9-14(25-2)7-8-16(13)26-17(19)20;/h7-9,12,15,17,24H,3-6,10-11H2,1-2H3,(H2,21,22,23);1H. The van der Waals surface area contributed by atoms with E-state index < -0.39 is 6.61 Å². The maximum atomic E-state index is 12.6. The summed E-state index contributed by atoms with van der Waals surface area (Å²) in [5.74, 6) is 1.39. The minimum absolute atomic E-state index is 0. The Labute approximate surface area is 175 Å². The fraction of sp³-hybridized carbons (Fsp3) is 0.611. The highest BCUT2D eigenvalue weighted by atomic mass is 127. The number of hydrogen-bond acceptors (Lipinski definition) is 4. The van der Waals surface area contributed by atoms with Crippen molar-refractivity contribution in [3.05, 3.63) is 23.8 Å². The molecule has 154 valence electrons. The number of nitrogens with zero attached hydrogens (tertiary/aromatic N) is 1. The Morgan fingerprint density at radius 2 is 2.11 bits per heavy atom. The summed E-state index contributed by atoms with van der Waals surface area (Å²) >= 11 is 0. The minimum Gasteiger partial charge on any atom is -0.497 e. The van der Waals surface area contributed by atoms with Crippen LogP contribution in [0.4, 0.5) is 8.78 Å². The Bertz CT molecular complexity index is 605. The Balaban J connectivity index is 0.00000364. The van der Waals surface area contributed by atoms with Crippen LogP contribution in [0.25, 0.3) is 0 Å². The number of aliphatic imine (C=N–C) groups is 1. The van der Waals surface area contributed by atoms with E-state index in [1.807, 2.05) is 6.92 Å². The lowest BCUT2D eigenvalue weighted by molar-refractivity contribution is -0.0504. The smallest absolute Gasteiger partial charge is 0.387 e. The molecule has 1 aromatic carbocycles. The third kappa shape index (κ3) is 7.65. The van der Waals surface area contributed by atoms with Crippen LogP contribution < -0.4 is 20.1 Å². The number of ether oxygens (including phenoxy) is 2. The van der Waals surface area contributed by atoms with Gasteiger partial charge in [-0.1, -0.05) is 6.42 Å². The monoisotopic (exact) mass is 499 g/mol. The van der Waals surface area contributed by atoms with Gasteiger partial charge >= 0.3 is 6.61 Å². The molecule has 0 saturated heterocycles. The molecule has 9 heteroatoms. The second kappa shape index (κ2) is 12.2. The van der Waals surface area contributed by atoms with Gasteiger partial charge in [-0.15, -0.1) is 24.0 Å². The summed E-state index contributed by atoms with van der Waals surface area (Å²) in [6.07, 6.45) is 2.56. The average molecular weight is 499 g/mol. The van der Waals surface area contributed by atoms with Crippen molar-refractivity contribution in [2.45, 2.75) is 45.4 Å². The molecule has 2 rings (SSSR count). The van der Waals surface area contributed by atoms with Crippen LogP contribution in [-0.4, -0.2) is 44.0 Å². The molecule has 2 atom stereocenters. The molecule has 0 aromatic heterocycles. The summed E-state index contributed by atoms with van der Waals surface area (Å²) in [5, 5.41) is 16.2. The Kier molecular flexibility index (Phi) is 10.7. The number of aliphatic hydroxyl groups excluding tert-OH is 1. The second-order valence-corrected chi connectivity index (χ2v) is 6.19. The summed E-state index contributed by atoms with van der Waals surface area (Å²) in [5.41, 5.74) is 0.503. The Morgan fingerprint density at radius 1 is 1.33 bits per heavy atom. The van der Waals surface area contributed by atoms with Crippen molar-refractivity contribution in [1.29, 1.82) is 0 Å². The number of hydrogen-bond donors (Lipinski definition) is 3. The fourth-order valence-electron chi connectivity index (χ4n) is 3.01. The molecule has 2 unspecified atom stereocenters. The van der Waals surface area contributed by atoms with Crippen LogP contribution in [0, 0.1) is 5.92 Å². The van der Waals surface area contributed by atoms with E-state index in [2.05, 4.69) is 20.4 Å². The first-order valence-electron chi connectivity index (χ1n) is 8.85. The largest absolute Gasteiger partial charge is 0.497 e. The zero-order valence-electron chi connectivity index (χ0n) is 15.6. The van der Waals surface area contributed by atoms with Gasteiger partial charge in [0.05, 0.1) is 19.8 Å². The number of benzene rings is 1. The fourth-order valence-corrected chi connectivity index (χ4v) is 3.01. The average Bonchev–Trinajstić information content (AvgIpc) is 3.03. The quantitative estimate of drug-likeness (QED) is 0.291. The molecule has 1 fully saturated rings. The highest BCUT2D eigenvalue weighted by Gasteiger charge is 2.25. The van der Waals surface area contributed by atoms with E-state index in [-0.39, 0.29) is 48.3 Å². The van der Waals surface area contributed by atoms with Crippen molar-refractivity contribution in [1.82, 2.24) is 10.6 Å². The number of nitrogens with one attached hydrogen (secondary N) is 2. The summed E-state index contributed by atoms with van der Waals surface area (Å²) in [6, 6.07) is 4.65. The molecule has 1 aromatic rings. The highest BCUT2D eigenvalue weighted by Crippen LogP contribution is 2.27. The SMILES string of the molecule is CCNC(=NCc1cc(OC)ccc1OC(F)F)NCC1CCCC1O.I. The summed E-state index contributed by atoms with van der Waals surface area (Å²) in [7, 11) is 1.51. The van der Waals surface area contributed by atoms with Crippen LogP contribution in [0.5, 0.6) is 11.5 Å². The zero-order chi connectivity index (χ0) is 18.9. The first-order valence-corrected chi connectivity index (χ1v) is 8.85. The van der Waals surface area contributed by atoms with Crippen LogP contribution in [0.1, 0.15) is 31.7 Å². The molecule has 0 bridgehead atoms.